The van der Waals surface area contributed by atoms with E-state index in [1.807, 2.05) is 13.8 Å². The highest BCUT2D eigenvalue weighted by molar-refractivity contribution is 5.78. The second kappa shape index (κ2) is 6.23. The minimum atomic E-state index is -0.443. The highest BCUT2D eigenvalue weighted by Gasteiger charge is 2.09. The van der Waals surface area contributed by atoms with Gasteiger partial charge in [0.1, 0.15) is 0 Å². The van der Waals surface area contributed by atoms with E-state index < -0.39 is 5.82 Å². The number of rotatable bonds is 5. The molecule has 0 aliphatic heterocycles. The summed E-state index contributed by atoms with van der Waals surface area (Å²) >= 11 is 0. The number of carbonyl (C=O) groups is 1. The van der Waals surface area contributed by atoms with Gasteiger partial charge in [0.2, 0.25) is 5.91 Å². The van der Waals surface area contributed by atoms with E-state index >= 15 is 0 Å². The van der Waals surface area contributed by atoms with Crippen LogP contribution in [0.15, 0.2) is 18.2 Å². The van der Waals surface area contributed by atoms with Crippen LogP contribution in [-0.4, -0.2) is 19.1 Å². The number of hydrogen-bond donors (Lipinski definition) is 1. The van der Waals surface area contributed by atoms with E-state index in [1.54, 1.807) is 6.07 Å². The second-order valence-corrected chi connectivity index (χ2v) is 4.02. The summed E-state index contributed by atoms with van der Waals surface area (Å²) in [6.45, 7) is 3.94. The van der Waals surface area contributed by atoms with Crippen LogP contribution in [-0.2, 0) is 11.2 Å². The molecule has 94 valence electrons. The highest BCUT2D eigenvalue weighted by atomic mass is 19.1. The van der Waals surface area contributed by atoms with Gasteiger partial charge in [-0.25, -0.2) is 4.39 Å². The molecule has 1 aromatic rings. The zero-order chi connectivity index (χ0) is 12.8. The van der Waals surface area contributed by atoms with E-state index in [4.69, 9.17) is 4.74 Å². The predicted octanol–water partition coefficient (Wildman–Crippen LogP) is 2.29. The molecular weight excluding hydrogens is 221 g/mol. The predicted molar refractivity (Wildman–Crippen MR) is 64.6 cm³/mol. The molecule has 0 saturated heterocycles. The third kappa shape index (κ3) is 4.06. The molecule has 17 heavy (non-hydrogen) atoms. The van der Waals surface area contributed by atoms with Crippen LogP contribution in [0.25, 0.3) is 0 Å². The lowest BCUT2D eigenvalue weighted by Crippen LogP contribution is -2.33. The molecule has 0 aliphatic carbocycles. The third-order valence-corrected chi connectivity index (χ3v) is 2.60. The summed E-state index contributed by atoms with van der Waals surface area (Å²) in [5.74, 6) is -0.346. The lowest BCUT2D eigenvalue weighted by molar-refractivity contribution is -0.121. The molecule has 3 nitrogen and oxygen atoms in total. The maximum atomic E-state index is 13.4. The van der Waals surface area contributed by atoms with Crippen molar-refractivity contribution < 1.29 is 13.9 Å². The number of benzene rings is 1. The van der Waals surface area contributed by atoms with Gasteiger partial charge in [-0.05, 0) is 31.0 Å². The van der Waals surface area contributed by atoms with Crippen molar-refractivity contribution in [1.29, 1.82) is 0 Å². The molecule has 0 fully saturated rings. The Kier molecular flexibility index (Phi) is 4.94. The standard InChI is InChI=1S/C13H18FNO2/c1-4-9(2)15-13(16)8-10-5-6-12(17-3)11(14)7-10/h5-7,9H,4,8H2,1-3H3,(H,15,16). The van der Waals surface area contributed by atoms with Crippen LogP contribution in [0.2, 0.25) is 0 Å². The lowest BCUT2D eigenvalue weighted by atomic mass is 10.1. The van der Waals surface area contributed by atoms with Crippen LogP contribution >= 0.6 is 0 Å². The molecule has 1 aromatic carbocycles. The summed E-state index contributed by atoms with van der Waals surface area (Å²) in [5.41, 5.74) is 0.643. The molecule has 4 heteroatoms. The second-order valence-electron chi connectivity index (χ2n) is 4.02. The Morgan fingerprint density at radius 1 is 1.53 bits per heavy atom. The van der Waals surface area contributed by atoms with E-state index in [2.05, 4.69) is 5.32 Å². The lowest BCUT2D eigenvalue weighted by Gasteiger charge is -2.11. The van der Waals surface area contributed by atoms with Crippen LogP contribution in [0.5, 0.6) is 5.75 Å². The molecule has 1 amide bonds. The van der Waals surface area contributed by atoms with Gasteiger partial charge >= 0.3 is 0 Å². The molecule has 0 spiro atoms. The molecule has 1 rings (SSSR count). The zero-order valence-corrected chi connectivity index (χ0v) is 10.4. The number of amides is 1. The minimum absolute atomic E-state index is 0.0936. The number of hydrogen-bond acceptors (Lipinski definition) is 2. The average molecular weight is 239 g/mol. The van der Waals surface area contributed by atoms with E-state index in [0.29, 0.717) is 5.56 Å². The van der Waals surface area contributed by atoms with Gasteiger partial charge in [0.05, 0.1) is 13.5 Å². The van der Waals surface area contributed by atoms with Crippen LogP contribution in [0, 0.1) is 5.82 Å². The molecule has 1 unspecified atom stereocenters. The van der Waals surface area contributed by atoms with Crippen molar-refractivity contribution in [1.82, 2.24) is 5.32 Å². The average Bonchev–Trinajstić information content (AvgIpc) is 2.29. The summed E-state index contributed by atoms with van der Waals surface area (Å²) in [6.07, 6.45) is 1.06. The highest BCUT2D eigenvalue weighted by Crippen LogP contribution is 2.17. The van der Waals surface area contributed by atoms with E-state index in [1.165, 1.54) is 19.2 Å². The first-order valence-corrected chi connectivity index (χ1v) is 5.68. The fourth-order valence-electron chi connectivity index (χ4n) is 1.43. The molecule has 0 aliphatic rings. The van der Waals surface area contributed by atoms with Crippen molar-refractivity contribution in [2.24, 2.45) is 0 Å². The molecule has 0 heterocycles. The van der Waals surface area contributed by atoms with Crippen molar-refractivity contribution in [3.8, 4) is 5.75 Å². The third-order valence-electron chi connectivity index (χ3n) is 2.60. The van der Waals surface area contributed by atoms with E-state index in [-0.39, 0.29) is 24.1 Å². The maximum Gasteiger partial charge on any atom is 0.224 e. The van der Waals surface area contributed by atoms with Crippen molar-refractivity contribution in [2.45, 2.75) is 32.7 Å². The van der Waals surface area contributed by atoms with Gasteiger partial charge in [-0.2, -0.15) is 0 Å². The SMILES string of the molecule is CCC(C)NC(=O)Cc1ccc(OC)c(F)c1. The molecule has 0 bridgehead atoms. The van der Waals surface area contributed by atoms with E-state index in [0.717, 1.165) is 6.42 Å². The Hall–Kier alpha value is -1.58. The maximum absolute atomic E-state index is 13.4. The normalized spacial score (nSPS) is 12.0. The van der Waals surface area contributed by atoms with Crippen LogP contribution in [0.3, 0.4) is 0 Å². The number of methoxy groups -OCH3 is 1. The topological polar surface area (TPSA) is 38.3 Å². The van der Waals surface area contributed by atoms with Gasteiger partial charge in [0.25, 0.3) is 0 Å². The fraction of sp³-hybridized carbons (Fsp3) is 0.462. The van der Waals surface area contributed by atoms with Crippen molar-refractivity contribution in [3.63, 3.8) is 0 Å². The minimum Gasteiger partial charge on any atom is -0.494 e. The summed E-state index contributed by atoms with van der Waals surface area (Å²) in [5, 5.41) is 2.83. The van der Waals surface area contributed by atoms with Crippen molar-refractivity contribution in [3.05, 3.63) is 29.6 Å². The molecule has 1 atom stereocenters. The Labute approximate surface area is 101 Å². The molecule has 0 saturated carbocycles. The van der Waals surface area contributed by atoms with Crippen LogP contribution < -0.4 is 10.1 Å². The van der Waals surface area contributed by atoms with Gasteiger partial charge in [-0.3, -0.25) is 4.79 Å². The van der Waals surface area contributed by atoms with Gasteiger partial charge in [-0.1, -0.05) is 13.0 Å². The smallest absolute Gasteiger partial charge is 0.224 e. The van der Waals surface area contributed by atoms with Crippen molar-refractivity contribution in [2.75, 3.05) is 7.11 Å². The van der Waals surface area contributed by atoms with E-state index in [9.17, 15) is 9.18 Å². The van der Waals surface area contributed by atoms with Gasteiger partial charge in [0.15, 0.2) is 11.6 Å². The van der Waals surface area contributed by atoms with Gasteiger partial charge in [0, 0.05) is 6.04 Å². The zero-order valence-electron chi connectivity index (χ0n) is 10.4. The Morgan fingerprint density at radius 2 is 2.24 bits per heavy atom. The quantitative estimate of drug-likeness (QED) is 0.856. The Morgan fingerprint density at radius 3 is 2.76 bits per heavy atom. The number of carbonyl (C=O) groups excluding carboxylic acids is 1. The molecule has 0 aromatic heterocycles. The number of ether oxygens (including phenoxy) is 1. The number of halogens is 1. The van der Waals surface area contributed by atoms with Crippen LogP contribution in [0.1, 0.15) is 25.8 Å². The first-order valence-electron chi connectivity index (χ1n) is 5.68. The Bertz CT molecular complexity index is 393. The fourth-order valence-corrected chi connectivity index (χ4v) is 1.43. The first-order chi connectivity index (χ1) is 8.06. The van der Waals surface area contributed by atoms with Gasteiger partial charge in [-0.15, -0.1) is 0 Å². The monoisotopic (exact) mass is 239 g/mol. The molecule has 1 N–H and O–H groups in total. The molecular formula is C13H18FNO2. The summed E-state index contributed by atoms with van der Waals surface area (Å²) in [4.78, 5) is 11.6. The molecule has 0 radical (unpaired) electrons. The van der Waals surface area contributed by atoms with Gasteiger partial charge < -0.3 is 10.1 Å². The largest absolute Gasteiger partial charge is 0.494 e. The van der Waals surface area contributed by atoms with Crippen molar-refractivity contribution >= 4 is 5.91 Å². The number of nitrogens with one attached hydrogen (secondary N) is 1. The summed E-state index contributed by atoms with van der Waals surface area (Å²) < 4.78 is 18.2. The first kappa shape index (κ1) is 13.5. The Balaban J connectivity index is 2.63. The summed E-state index contributed by atoms with van der Waals surface area (Å²) in [7, 11) is 1.41. The summed E-state index contributed by atoms with van der Waals surface area (Å²) in [6, 6.07) is 4.69. The van der Waals surface area contributed by atoms with Crippen LogP contribution in [0.4, 0.5) is 4.39 Å².